The molecule has 0 aromatic heterocycles. The molecular weight excluding hydrogens is 227 g/mol. The van der Waals surface area contributed by atoms with Crippen LogP contribution in [0.15, 0.2) is 0 Å². The monoisotopic (exact) mass is 245 g/mol. The molecule has 15 heavy (non-hydrogen) atoms. The van der Waals surface area contributed by atoms with Gasteiger partial charge < -0.3 is 0 Å². The van der Waals surface area contributed by atoms with Gasteiger partial charge in [-0.25, -0.2) is 0 Å². The van der Waals surface area contributed by atoms with E-state index in [1.807, 2.05) is 18.7 Å². The van der Waals surface area contributed by atoms with Gasteiger partial charge in [0.1, 0.15) is 0 Å². The SMILES string of the molecule is CCC(CC)N(CCCl)CCC(F)(F)F. The first-order valence-electron chi connectivity index (χ1n) is 5.31. The maximum Gasteiger partial charge on any atom is 0.390 e. The maximum absolute atomic E-state index is 12.1. The van der Waals surface area contributed by atoms with Gasteiger partial charge in [0.25, 0.3) is 0 Å². The van der Waals surface area contributed by atoms with Crippen LogP contribution in [-0.4, -0.2) is 36.1 Å². The minimum atomic E-state index is -4.07. The maximum atomic E-state index is 12.1. The van der Waals surface area contributed by atoms with Gasteiger partial charge in [0.05, 0.1) is 6.42 Å². The Morgan fingerprint density at radius 2 is 1.67 bits per heavy atom. The third-order valence-electron chi connectivity index (χ3n) is 2.51. The van der Waals surface area contributed by atoms with Crippen molar-refractivity contribution in [3.63, 3.8) is 0 Å². The van der Waals surface area contributed by atoms with Gasteiger partial charge in [-0.2, -0.15) is 13.2 Å². The fraction of sp³-hybridized carbons (Fsp3) is 1.00. The molecule has 0 saturated carbocycles. The van der Waals surface area contributed by atoms with Crippen LogP contribution in [-0.2, 0) is 0 Å². The van der Waals surface area contributed by atoms with E-state index in [1.165, 1.54) is 0 Å². The average molecular weight is 246 g/mol. The number of alkyl halides is 4. The second-order valence-corrected chi connectivity index (χ2v) is 3.94. The molecule has 0 N–H and O–H groups in total. The van der Waals surface area contributed by atoms with Crippen LogP contribution in [0.25, 0.3) is 0 Å². The second-order valence-electron chi connectivity index (χ2n) is 3.56. The normalized spacial score (nSPS) is 12.8. The van der Waals surface area contributed by atoms with Crippen LogP contribution in [0.1, 0.15) is 33.1 Å². The van der Waals surface area contributed by atoms with Crippen LogP contribution >= 0.6 is 11.6 Å². The minimum absolute atomic E-state index is 0.0581. The van der Waals surface area contributed by atoms with Gasteiger partial charge in [-0.15, -0.1) is 11.6 Å². The van der Waals surface area contributed by atoms with Crippen molar-refractivity contribution in [2.75, 3.05) is 19.0 Å². The Bertz CT molecular complexity index is 157. The molecule has 0 aliphatic rings. The highest BCUT2D eigenvalue weighted by atomic mass is 35.5. The summed E-state index contributed by atoms with van der Waals surface area (Å²) in [6.07, 6.45) is -3.09. The Kier molecular flexibility index (Phi) is 7.36. The van der Waals surface area contributed by atoms with E-state index >= 15 is 0 Å². The first-order valence-corrected chi connectivity index (χ1v) is 5.84. The summed E-state index contributed by atoms with van der Waals surface area (Å²) < 4.78 is 36.2. The van der Waals surface area contributed by atoms with Crippen LogP contribution in [0.3, 0.4) is 0 Å². The van der Waals surface area contributed by atoms with Crippen molar-refractivity contribution in [2.45, 2.75) is 45.3 Å². The van der Waals surface area contributed by atoms with Crippen LogP contribution in [0.2, 0.25) is 0 Å². The van der Waals surface area contributed by atoms with Crippen LogP contribution in [0.5, 0.6) is 0 Å². The predicted octanol–water partition coefficient (Wildman–Crippen LogP) is 3.67. The number of hydrogen-bond acceptors (Lipinski definition) is 1. The van der Waals surface area contributed by atoms with Crippen molar-refractivity contribution in [1.82, 2.24) is 4.90 Å². The average Bonchev–Trinajstić information content (AvgIpc) is 2.14. The lowest BCUT2D eigenvalue weighted by atomic mass is 10.1. The molecule has 0 bridgehead atoms. The first kappa shape index (κ1) is 15.0. The molecule has 0 aliphatic carbocycles. The van der Waals surface area contributed by atoms with Crippen molar-refractivity contribution < 1.29 is 13.2 Å². The van der Waals surface area contributed by atoms with Crippen molar-refractivity contribution in [1.29, 1.82) is 0 Å². The smallest absolute Gasteiger partial charge is 0.299 e. The van der Waals surface area contributed by atoms with Gasteiger partial charge in [0, 0.05) is 25.0 Å². The standard InChI is InChI=1S/C10H19ClF3N/c1-3-9(4-2)15(8-6-11)7-5-10(12,13)14/h9H,3-8H2,1-2H3. The molecule has 0 unspecified atom stereocenters. The number of rotatable bonds is 7. The molecule has 1 nitrogen and oxygen atoms in total. The molecule has 5 heteroatoms. The Morgan fingerprint density at radius 1 is 1.13 bits per heavy atom. The van der Waals surface area contributed by atoms with E-state index in [1.54, 1.807) is 0 Å². The van der Waals surface area contributed by atoms with Gasteiger partial charge in [-0.05, 0) is 12.8 Å². The molecule has 0 fully saturated rings. The lowest BCUT2D eigenvalue weighted by Crippen LogP contribution is -2.38. The number of nitrogens with zero attached hydrogens (tertiary/aromatic N) is 1. The highest BCUT2D eigenvalue weighted by Crippen LogP contribution is 2.21. The molecule has 0 spiro atoms. The molecular formula is C10H19ClF3N. The second kappa shape index (κ2) is 7.34. The van der Waals surface area contributed by atoms with Gasteiger partial charge in [0.15, 0.2) is 0 Å². The molecule has 0 aromatic rings. The molecule has 0 saturated heterocycles. The molecule has 0 heterocycles. The van der Waals surface area contributed by atoms with E-state index in [0.29, 0.717) is 12.4 Å². The largest absolute Gasteiger partial charge is 0.390 e. The molecule has 0 aliphatic heterocycles. The van der Waals surface area contributed by atoms with Crippen molar-refractivity contribution in [3.8, 4) is 0 Å². The van der Waals surface area contributed by atoms with E-state index in [4.69, 9.17) is 11.6 Å². The van der Waals surface area contributed by atoms with Gasteiger partial charge >= 0.3 is 6.18 Å². The Hall–Kier alpha value is 0.0400. The van der Waals surface area contributed by atoms with E-state index < -0.39 is 12.6 Å². The van der Waals surface area contributed by atoms with Crippen molar-refractivity contribution in [3.05, 3.63) is 0 Å². The van der Waals surface area contributed by atoms with Crippen molar-refractivity contribution >= 4 is 11.6 Å². The zero-order chi connectivity index (χ0) is 11.9. The molecule has 0 atom stereocenters. The van der Waals surface area contributed by atoms with E-state index in [0.717, 1.165) is 12.8 Å². The zero-order valence-electron chi connectivity index (χ0n) is 9.28. The molecule has 0 amide bonds. The van der Waals surface area contributed by atoms with Crippen LogP contribution in [0.4, 0.5) is 13.2 Å². The topological polar surface area (TPSA) is 3.24 Å². The third kappa shape index (κ3) is 7.01. The lowest BCUT2D eigenvalue weighted by molar-refractivity contribution is -0.139. The van der Waals surface area contributed by atoms with Gasteiger partial charge in [-0.1, -0.05) is 13.8 Å². The highest BCUT2D eigenvalue weighted by molar-refractivity contribution is 6.18. The summed E-state index contributed by atoms with van der Waals surface area (Å²) >= 11 is 5.58. The van der Waals surface area contributed by atoms with E-state index in [2.05, 4.69) is 0 Å². The quantitative estimate of drug-likeness (QED) is 0.619. The molecule has 0 radical (unpaired) electrons. The third-order valence-corrected chi connectivity index (χ3v) is 2.68. The fourth-order valence-corrected chi connectivity index (χ4v) is 1.88. The van der Waals surface area contributed by atoms with Gasteiger partial charge in [0.2, 0.25) is 0 Å². The van der Waals surface area contributed by atoms with Crippen LogP contribution < -0.4 is 0 Å². The summed E-state index contributed by atoms with van der Waals surface area (Å²) in [6, 6.07) is 0.214. The minimum Gasteiger partial charge on any atom is -0.299 e. The summed E-state index contributed by atoms with van der Waals surface area (Å²) in [6.45, 7) is 4.57. The number of halogens is 4. The predicted molar refractivity (Wildman–Crippen MR) is 57.3 cm³/mol. The Balaban J connectivity index is 4.13. The van der Waals surface area contributed by atoms with E-state index in [9.17, 15) is 13.2 Å². The summed E-state index contributed by atoms with van der Waals surface area (Å²) in [5.41, 5.74) is 0. The summed E-state index contributed by atoms with van der Waals surface area (Å²) in [4.78, 5) is 1.83. The summed E-state index contributed by atoms with van der Waals surface area (Å²) in [5.74, 6) is 0.383. The van der Waals surface area contributed by atoms with Crippen molar-refractivity contribution in [2.24, 2.45) is 0 Å². The lowest BCUT2D eigenvalue weighted by Gasteiger charge is -2.30. The molecule has 0 aromatic carbocycles. The Labute approximate surface area is 94.6 Å². The first-order chi connectivity index (χ1) is 6.94. The molecule has 92 valence electrons. The van der Waals surface area contributed by atoms with E-state index in [-0.39, 0.29) is 12.6 Å². The molecule has 0 rings (SSSR count). The Morgan fingerprint density at radius 3 is 2.00 bits per heavy atom. The van der Waals surface area contributed by atoms with Gasteiger partial charge in [-0.3, -0.25) is 4.90 Å². The fourth-order valence-electron chi connectivity index (χ4n) is 1.66. The van der Waals surface area contributed by atoms with Crippen LogP contribution in [0, 0.1) is 0 Å². The summed E-state index contributed by atoms with van der Waals surface area (Å²) in [5, 5.41) is 0. The zero-order valence-corrected chi connectivity index (χ0v) is 10.0. The highest BCUT2D eigenvalue weighted by Gasteiger charge is 2.28. The summed E-state index contributed by atoms with van der Waals surface area (Å²) in [7, 11) is 0. The number of hydrogen-bond donors (Lipinski definition) is 0.